The van der Waals surface area contributed by atoms with Crippen molar-refractivity contribution < 1.29 is 18.0 Å². The maximum Gasteiger partial charge on any atom is 0.406 e. The Balaban J connectivity index is 2.17. The lowest BCUT2D eigenvalue weighted by atomic mass is 10.1. The molecule has 0 spiro atoms. The lowest BCUT2D eigenvalue weighted by Crippen LogP contribution is -2.38. The van der Waals surface area contributed by atoms with Crippen LogP contribution < -0.4 is 0 Å². The van der Waals surface area contributed by atoms with Gasteiger partial charge in [-0.05, 0) is 24.6 Å². The van der Waals surface area contributed by atoms with Gasteiger partial charge in [-0.25, -0.2) is 9.97 Å². The molecule has 0 saturated heterocycles. The molecular weight excluding hydrogens is 295 g/mol. The zero-order valence-corrected chi connectivity index (χ0v) is 11.8. The normalized spacial score (nSPS) is 11.3. The Labute approximate surface area is 125 Å². The molecule has 2 aromatic rings. The number of alkyl halides is 3. The van der Waals surface area contributed by atoms with E-state index in [-0.39, 0.29) is 12.1 Å². The van der Waals surface area contributed by atoms with Crippen LogP contribution in [0.3, 0.4) is 0 Å². The maximum absolute atomic E-state index is 12.4. The molecule has 0 aliphatic carbocycles. The number of nitrogens with zero attached hydrogens (tertiary/aromatic N) is 3. The number of halogens is 3. The predicted octanol–water partition coefficient (Wildman–Crippen LogP) is 3.17. The number of hydrogen-bond acceptors (Lipinski definition) is 3. The van der Waals surface area contributed by atoms with Crippen LogP contribution in [-0.4, -0.2) is 40.0 Å². The van der Waals surface area contributed by atoms with Gasteiger partial charge in [0.25, 0.3) is 5.91 Å². The Kier molecular flexibility index (Phi) is 4.75. The first-order chi connectivity index (χ1) is 10.4. The zero-order chi connectivity index (χ0) is 16.2. The van der Waals surface area contributed by atoms with Crippen LogP contribution in [0.15, 0.2) is 43.0 Å². The molecule has 0 N–H and O–H groups in total. The van der Waals surface area contributed by atoms with Gasteiger partial charge in [0, 0.05) is 30.1 Å². The van der Waals surface area contributed by atoms with Gasteiger partial charge in [-0.3, -0.25) is 4.79 Å². The molecule has 0 bridgehead atoms. The summed E-state index contributed by atoms with van der Waals surface area (Å²) in [4.78, 5) is 20.6. The van der Waals surface area contributed by atoms with E-state index in [1.54, 1.807) is 24.5 Å². The topological polar surface area (TPSA) is 46.1 Å². The van der Waals surface area contributed by atoms with Gasteiger partial charge in [-0.2, -0.15) is 13.2 Å². The van der Waals surface area contributed by atoms with Crippen molar-refractivity contribution in [2.75, 3.05) is 13.1 Å². The summed E-state index contributed by atoms with van der Waals surface area (Å²) in [5.41, 5.74) is 1.77. The third-order valence-electron chi connectivity index (χ3n) is 3.06. The first-order valence-electron chi connectivity index (χ1n) is 6.62. The molecule has 0 unspecified atom stereocenters. The zero-order valence-electron chi connectivity index (χ0n) is 11.8. The van der Waals surface area contributed by atoms with Crippen molar-refractivity contribution in [3.63, 3.8) is 0 Å². The van der Waals surface area contributed by atoms with E-state index in [9.17, 15) is 18.0 Å². The third-order valence-corrected chi connectivity index (χ3v) is 3.06. The van der Waals surface area contributed by atoms with Crippen molar-refractivity contribution in [2.45, 2.75) is 13.1 Å². The van der Waals surface area contributed by atoms with Crippen LogP contribution in [0.4, 0.5) is 13.2 Å². The van der Waals surface area contributed by atoms with Gasteiger partial charge in [0.1, 0.15) is 12.9 Å². The molecule has 0 saturated carbocycles. The van der Waals surface area contributed by atoms with Crippen LogP contribution in [0, 0.1) is 0 Å². The molecule has 1 heterocycles. The summed E-state index contributed by atoms with van der Waals surface area (Å²) in [6.45, 7) is 0.253. The molecule has 116 valence electrons. The molecule has 22 heavy (non-hydrogen) atoms. The summed E-state index contributed by atoms with van der Waals surface area (Å²) in [5.74, 6) is -0.643. The monoisotopic (exact) mass is 309 g/mol. The van der Waals surface area contributed by atoms with Crippen molar-refractivity contribution >= 4 is 5.91 Å². The van der Waals surface area contributed by atoms with Crippen LogP contribution in [0.5, 0.6) is 0 Å². The van der Waals surface area contributed by atoms with E-state index in [0.717, 1.165) is 16.0 Å². The average molecular weight is 309 g/mol. The molecule has 4 nitrogen and oxygen atoms in total. The van der Waals surface area contributed by atoms with Crippen LogP contribution in [0.2, 0.25) is 0 Å². The Morgan fingerprint density at radius 2 is 1.68 bits per heavy atom. The minimum Gasteiger partial charge on any atom is -0.330 e. The van der Waals surface area contributed by atoms with Gasteiger partial charge in [-0.1, -0.05) is 12.1 Å². The highest BCUT2D eigenvalue weighted by Gasteiger charge is 2.32. The minimum atomic E-state index is -4.41. The quantitative estimate of drug-likeness (QED) is 0.871. The minimum absolute atomic E-state index is 0.00732. The van der Waals surface area contributed by atoms with Crippen LogP contribution in [-0.2, 0) is 0 Å². The van der Waals surface area contributed by atoms with E-state index in [4.69, 9.17) is 0 Å². The molecule has 7 heteroatoms. The lowest BCUT2D eigenvalue weighted by molar-refractivity contribution is -0.140. The number of carbonyl (C=O) groups is 1. The molecule has 0 radical (unpaired) electrons. The first-order valence-corrected chi connectivity index (χ1v) is 6.62. The number of benzene rings is 1. The molecule has 0 atom stereocenters. The Morgan fingerprint density at radius 1 is 1.09 bits per heavy atom. The number of hydrogen-bond donors (Lipinski definition) is 0. The molecule has 1 amide bonds. The molecular formula is C15H14F3N3O. The molecule has 1 aromatic heterocycles. The van der Waals surface area contributed by atoms with Gasteiger partial charge in [0.2, 0.25) is 0 Å². The summed E-state index contributed by atoms with van der Waals surface area (Å²) in [5, 5.41) is 0. The van der Waals surface area contributed by atoms with Crippen LogP contribution in [0.25, 0.3) is 11.1 Å². The summed E-state index contributed by atoms with van der Waals surface area (Å²) in [7, 11) is 0. The Morgan fingerprint density at radius 3 is 2.18 bits per heavy atom. The highest BCUT2D eigenvalue weighted by atomic mass is 19.4. The Bertz CT molecular complexity index is 627. The van der Waals surface area contributed by atoms with E-state index in [0.29, 0.717) is 0 Å². The fourth-order valence-electron chi connectivity index (χ4n) is 1.98. The molecule has 0 aliphatic rings. The summed E-state index contributed by atoms with van der Waals surface area (Å²) >= 11 is 0. The van der Waals surface area contributed by atoms with Crippen molar-refractivity contribution in [3.8, 4) is 11.1 Å². The molecule has 0 aliphatic heterocycles. The molecule has 1 aromatic carbocycles. The maximum atomic E-state index is 12.4. The van der Waals surface area contributed by atoms with Crippen molar-refractivity contribution in [1.29, 1.82) is 0 Å². The van der Waals surface area contributed by atoms with Crippen LogP contribution >= 0.6 is 0 Å². The van der Waals surface area contributed by atoms with E-state index in [2.05, 4.69) is 9.97 Å². The lowest BCUT2D eigenvalue weighted by Gasteiger charge is -2.22. The second kappa shape index (κ2) is 6.55. The van der Waals surface area contributed by atoms with Crippen molar-refractivity contribution in [2.24, 2.45) is 0 Å². The van der Waals surface area contributed by atoms with Gasteiger partial charge in [0.15, 0.2) is 0 Å². The SMILES string of the molecule is CCN(CC(F)(F)F)C(=O)c1ccc(-c2cncnc2)cc1. The fraction of sp³-hybridized carbons (Fsp3) is 0.267. The van der Waals surface area contributed by atoms with E-state index >= 15 is 0 Å². The van der Waals surface area contributed by atoms with E-state index in [1.165, 1.54) is 25.4 Å². The van der Waals surface area contributed by atoms with Crippen LogP contribution in [0.1, 0.15) is 17.3 Å². The van der Waals surface area contributed by atoms with Gasteiger partial charge in [-0.15, -0.1) is 0 Å². The second-order valence-electron chi connectivity index (χ2n) is 4.64. The standard InChI is InChI=1S/C15H14F3N3O/c1-2-21(9-15(16,17)18)14(22)12-5-3-11(4-6-12)13-7-19-10-20-8-13/h3-8,10H,2,9H2,1H3. The number of aromatic nitrogens is 2. The van der Waals surface area contributed by atoms with Gasteiger partial charge in [0.05, 0.1) is 0 Å². The third kappa shape index (κ3) is 4.03. The second-order valence-corrected chi connectivity index (χ2v) is 4.64. The van der Waals surface area contributed by atoms with Crippen molar-refractivity contribution in [1.82, 2.24) is 14.9 Å². The Hall–Kier alpha value is -2.44. The summed E-state index contributed by atoms with van der Waals surface area (Å²) in [6, 6.07) is 6.33. The highest BCUT2D eigenvalue weighted by molar-refractivity contribution is 5.94. The number of carbonyl (C=O) groups excluding carboxylic acids is 1. The van der Waals surface area contributed by atoms with Gasteiger partial charge >= 0.3 is 6.18 Å². The molecule has 0 fully saturated rings. The molecule has 2 rings (SSSR count). The summed E-state index contributed by atoms with van der Waals surface area (Å²) in [6.07, 6.45) is 0.225. The number of amides is 1. The smallest absolute Gasteiger partial charge is 0.330 e. The average Bonchev–Trinajstić information content (AvgIpc) is 2.52. The first kappa shape index (κ1) is 15.9. The fourth-order valence-corrected chi connectivity index (χ4v) is 1.98. The summed E-state index contributed by atoms with van der Waals surface area (Å²) < 4.78 is 37.3. The largest absolute Gasteiger partial charge is 0.406 e. The van der Waals surface area contributed by atoms with E-state index in [1.807, 2.05) is 0 Å². The van der Waals surface area contributed by atoms with E-state index < -0.39 is 18.6 Å². The highest BCUT2D eigenvalue weighted by Crippen LogP contribution is 2.20. The van der Waals surface area contributed by atoms with Gasteiger partial charge < -0.3 is 4.90 Å². The predicted molar refractivity (Wildman–Crippen MR) is 75.1 cm³/mol. The van der Waals surface area contributed by atoms with Crippen molar-refractivity contribution in [3.05, 3.63) is 48.5 Å². The number of rotatable bonds is 4.